The number of benzene rings is 2. The minimum Gasteiger partial charge on any atom is -0.497 e. The molecule has 168 valence electrons. The smallest absolute Gasteiger partial charge is 0.268 e. The number of rotatable bonds is 7. The van der Waals surface area contributed by atoms with Crippen molar-refractivity contribution < 1.29 is 13.2 Å². The Morgan fingerprint density at radius 3 is 2.61 bits per heavy atom. The minimum absolute atomic E-state index is 0.262. The third kappa shape index (κ3) is 3.78. The summed E-state index contributed by atoms with van der Waals surface area (Å²) in [6.07, 6.45) is 7.24. The van der Waals surface area contributed by atoms with Gasteiger partial charge in [-0.25, -0.2) is 17.4 Å². The summed E-state index contributed by atoms with van der Waals surface area (Å²) in [5, 5.41) is 1.99. The van der Waals surface area contributed by atoms with E-state index in [1.54, 1.807) is 37.7 Å². The molecule has 0 amide bonds. The van der Waals surface area contributed by atoms with Crippen molar-refractivity contribution in [3.05, 3.63) is 90.4 Å². The summed E-state index contributed by atoms with van der Waals surface area (Å²) in [5.74, 6) is 0.714. The number of nitrogens with zero attached hydrogens (tertiary/aromatic N) is 3. The summed E-state index contributed by atoms with van der Waals surface area (Å²) in [4.78, 5) is 4.71. The molecule has 0 saturated heterocycles. The number of ether oxygens (including phenoxy) is 1. The molecular formula is C26H25N3O3S. The summed E-state index contributed by atoms with van der Waals surface area (Å²) in [6.45, 7) is 2.70. The van der Waals surface area contributed by atoms with Crippen LogP contribution < -0.4 is 4.74 Å². The van der Waals surface area contributed by atoms with Gasteiger partial charge in [-0.15, -0.1) is 0 Å². The third-order valence-corrected chi connectivity index (χ3v) is 7.62. The van der Waals surface area contributed by atoms with Crippen molar-refractivity contribution in [2.75, 3.05) is 7.11 Å². The molecule has 5 aromatic rings. The second-order valence-electron chi connectivity index (χ2n) is 8.09. The van der Waals surface area contributed by atoms with E-state index >= 15 is 0 Å². The molecule has 0 aliphatic rings. The summed E-state index contributed by atoms with van der Waals surface area (Å²) in [7, 11) is -2.13. The first-order chi connectivity index (χ1) is 16.0. The Labute approximate surface area is 193 Å². The maximum absolute atomic E-state index is 13.5. The van der Waals surface area contributed by atoms with Crippen LogP contribution in [-0.2, 0) is 23.0 Å². The highest BCUT2D eigenvalue weighted by atomic mass is 32.2. The van der Waals surface area contributed by atoms with E-state index in [0.717, 1.165) is 40.4 Å². The van der Waals surface area contributed by atoms with Gasteiger partial charge in [-0.2, -0.15) is 0 Å². The van der Waals surface area contributed by atoms with Crippen LogP contribution in [0, 0.1) is 0 Å². The molecule has 0 radical (unpaired) electrons. The van der Waals surface area contributed by atoms with Gasteiger partial charge in [0.2, 0.25) is 0 Å². The van der Waals surface area contributed by atoms with Crippen LogP contribution in [0.1, 0.15) is 24.5 Å². The quantitative estimate of drug-likeness (QED) is 0.334. The van der Waals surface area contributed by atoms with Gasteiger partial charge in [0.15, 0.2) is 0 Å². The lowest BCUT2D eigenvalue weighted by molar-refractivity contribution is 0.415. The number of aryl methyl sites for hydroxylation is 1. The van der Waals surface area contributed by atoms with Gasteiger partial charge in [0, 0.05) is 35.9 Å². The topological polar surface area (TPSA) is 66.1 Å². The van der Waals surface area contributed by atoms with E-state index in [0.29, 0.717) is 17.8 Å². The van der Waals surface area contributed by atoms with Crippen molar-refractivity contribution in [3.63, 3.8) is 0 Å². The molecule has 0 atom stereocenters. The van der Waals surface area contributed by atoms with Gasteiger partial charge in [-0.3, -0.25) is 0 Å². The SMILES string of the molecule is CCCc1cn(S(=O)(=O)c2ccc(Cn3ccc4cccnc43)cc2)c2ccc(OC)cc12. The number of methoxy groups -OCH3 is 1. The van der Waals surface area contributed by atoms with Crippen molar-refractivity contribution in [1.29, 1.82) is 0 Å². The van der Waals surface area contributed by atoms with Gasteiger partial charge in [0.05, 0.1) is 17.5 Å². The van der Waals surface area contributed by atoms with Gasteiger partial charge >= 0.3 is 0 Å². The molecular weight excluding hydrogens is 434 g/mol. The first-order valence-electron chi connectivity index (χ1n) is 10.9. The van der Waals surface area contributed by atoms with Gasteiger partial charge < -0.3 is 9.30 Å². The van der Waals surface area contributed by atoms with E-state index in [4.69, 9.17) is 4.74 Å². The highest BCUT2D eigenvalue weighted by molar-refractivity contribution is 7.90. The molecule has 33 heavy (non-hydrogen) atoms. The van der Waals surface area contributed by atoms with E-state index in [9.17, 15) is 8.42 Å². The predicted molar refractivity (Wildman–Crippen MR) is 130 cm³/mol. The molecule has 0 unspecified atom stereocenters. The molecule has 0 aliphatic carbocycles. The first-order valence-corrected chi connectivity index (χ1v) is 12.4. The second kappa shape index (κ2) is 8.41. The Morgan fingerprint density at radius 2 is 1.85 bits per heavy atom. The molecule has 3 aromatic heterocycles. The summed E-state index contributed by atoms with van der Waals surface area (Å²) in [6, 6.07) is 18.6. The predicted octanol–water partition coefficient (Wildman–Crippen LogP) is 5.24. The Bertz CT molecular complexity index is 1550. The maximum atomic E-state index is 13.5. The van der Waals surface area contributed by atoms with Crippen LogP contribution in [-0.4, -0.2) is 29.1 Å². The van der Waals surface area contributed by atoms with Crippen LogP contribution in [0.2, 0.25) is 0 Å². The normalized spacial score (nSPS) is 11.9. The number of hydrogen-bond donors (Lipinski definition) is 0. The molecule has 0 spiro atoms. The fourth-order valence-corrected chi connectivity index (χ4v) is 5.66. The molecule has 0 bridgehead atoms. The second-order valence-corrected chi connectivity index (χ2v) is 9.91. The Kier molecular flexibility index (Phi) is 5.42. The highest BCUT2D eigenvalue weighted by Gasteiger charge is 2.21. The van der Waals surface area contributed by atoms with Crippen molar-refractivity contribution >= 4 is 32.0 Å². The third-order valence-electron chi connectivity index (χ3n) is 5.94. The van der Waals surface area contributed by atoms with Crippen molar-refractivity contribution in [1.82, 2.24) is 13.5 Å². The molecule has 5 rings (SSSR count). The lowest BCUT2D eigenvalue weighted by atomic mass is 10.1. The van der Waals surface area contributed by atoms with Crippen LogP contribution >= 0.6 is 0 Å². The average molecular weight is 460 g/mol. The number of fused-ring (bicyclic) bond motifs is 2. The standard InChI is InChI=1S/C26H25N3O3S/c1-3-5-21-18-29(25-12-9-22(32-2)16-24(21)25)33(30,31)23-10-7-19(8-11-23)17-28-15-13-20-6-4-14-27-26(20)28/h4,6-16,18H,3,5,17H2,1-2H3. The van der Waals surface area contributed by atoms with Gasteiger partial charge in [-0.1, -0.05) is 25.5 Å². The zero-order valence-electron chi connectivity index (χ0n) is 18.6. The van der Waals surface area contributed by atoms with E-state index in [1.807, 2.05) is 48.7 Å². The van der Waals surface area contributed by atoms with Gasteiger partial charge in [0.25, 0.3) is 10.0 Å². The van der Waals surface area contributed by atoms with Crippen LogP contribution in [0.15, 0.2) is 84.1 Å². The van der Waals surface area contributed by atoms with Crippen molar-refractivity contribution in [2.24, 2.45) is 0 Å². The minimum atomic E-state index is -3.74. The molecule has 2 aromatic carbocycles. The fraction of sp³-hybridized carbons (Fsp3) is 0.192. The Balaban J connectivity index is 1.49. The van der Waals surface area contributed by atoms with Crippen LogP contribution in [0.3, 0.4) is 0 Å². The lowest BCUT2D eigenvalue weighted by Gasteiger charge is -2.10. The molecule has 6 nitrogen and oxygen atoms in total. The van der Waals surface area contributed by atoms with Crippen molar-refractivity contribution in [3.8, 4) is 5.75 Å². The first kappa shape index (κ1) is 21.3. The highest BCUT2D eigenvalue weighted by Crippen LogP contribution is 2.30. The van der Waals surface area contributed by atoms with Gasteiger partial charge in [-0.05, 0) is 66.1 Å². The zero-order chi connectivity index (χ0) is 23.0. The number of pyridine rings is 1. The summed E-state index contributed by atoms with van der Waals surface area (Å²) >= 11 is 0. The molecule has 3 heterocycles. The fourth-order valence-electron chi connectivity index (χ4n) is 4.26. The Morgan fingerprint density at radius 1 is 1.03 bits per heavy atom. The van der Waals surface area contributed by atoms with E-state index in [-0.39, 0.29) is 4.90 Å². The van der Waals surface area contributed by atoms with E-state index in [1.165, 1.54) is 3.97 Å². The number of aromatic nitrogens is 3. The average Bonchev–Trinajstić information content (AvgIpc) is 3.41. The van der Waals surface area contributed by atoms with E-state index < -0.39 is 10.0 Å². The maximum Gasteiger partial charge on any atom is 0.268 e. The van der Waals surface area contributed by atoms with Crippen LogP contribution in [0.4, 0.5) is 0 Å². The largest absolute Gasteiger partial charge is 0.497 e. The molecule has 0 saturated carbocycles. The number of hydrogen-bond acceptors (Lipinski definition) is 4. The zero-order valence-corrected chi connectivity index (χ0v) is 19.4. The van der Waals surface area contributed by atoms with Crippen LogP contribution in [0.25, 0.3) is 21.9 Å². The molecule has 0 N–H and O–H groups in total. The van der Waals surface area contributed by atoms with Crippen molar-refractivity contribution in [2.45, 2.75) is 31.2 Å². The summed E-state index contributed by atoms with van der Waals surface area (Å²) in [5.41, 5.74) is 3.57. The lowest BCUT2D eigenvalue weighted by Crippen LogP contribution is -2.12. The van der Waals surface area contributed by atoms with Gasteiger partial charge in [0.1, 0.15) is 11.4 Å². The summed E-state index contributed by atoms with van der Waals surface area (Å²) < 4.78 is 35.9. The molecule has 0 aliphatic heterocycles. The van der Waals surface area contributed by atoms with E-state index in [2.05, 4.69) is 16.5 Å². The molecule has 7 heteroatoms. The monoisotopic (exact) mass is 459 g/mol. The molecule has 0 fully saturated rings. The Hall–Kier alpha value is -3.58. The van der Waals surface area contributed by atoms with Crippen LogP contribution in [0.5, 0.6) is 5.75 Å².